The van der Waals surface area contributed by atoms with E-state index in [-0.39, 0.29) is 5.91 Å². The lowest BCUT2D eigenvalue weighted by molar-refractivity contribution is -0.127. The monoisotopic (exact) mass is 355 g/mol. The smallest absolute Gasteiger partial charge is 0.232 e. The highest BCUT2D eigenvalue weighted by Gasteiger charge is 2.28. The van der Waals surface area contributed by atoms with Gasteiger partial charge in [0.15, 0.2) is 11.5 Å². The predicted molar refractivity (Wildman–Crippen MR) is 99.1 cm³/mol. The predicted octanol–water partition coefficient (Wildman–Crippen LogP) is 3.66. The van der Waals surface area contributed by atoms with Crippen LogP contribution in [-0.2, 0) is 10.5 Å². The number of carbonyl (C=O) groups excluding carboxylic acids is 1. The van der Waals surface area contributed by atoms with Crippen LogP contribution in [0.4, 0.5) is 0 Å². The molecule has 25 heavy (non-hydrogen) atoms. The fourth-order valence-electron chi connectivity index (χ4n) is 3.35. The highest BCUT2D eigenvalue weighted by Crippen LogP contribution is 2.37. The third-order valence-electron chi connectivity index (χ3n) is 4.75. The molecule has 1 saturated heterocycles. The number of rotatable bonds is 5. The second-order valence-corrected chi connectivity index (χ2v) is 7.40. The molecule has 2 aromatic carbocycles. The molecule has 2 aliphatic rings. The average molecular weight is 355 g/mol. The molecule has 0 saturated carbocycles. The van der Waals surface area contributed by atoms with Crippen LogP contribution in [-0.4, -0.2) is 36.4 Å². The van der Waals surface area contributed by atoms with Crippen LogP contribution >= 0.6 is 11.8 Å². The van der Waals surface area contributed by atoms with Crippen molar-refractivity contribution in [3.05, 3.63) is 59.7 Å². The maximum absolute atomic E-state index is 12.5. The summed E-state index contributed by atoms with van der Waals surface area (Å²) in [6.07, 6.45) is 1.01. The minimum atomic E-state index is 0.240. The van der Waals surface area contributed by atoms with E-state index in [1.54, 1.807) is 11.8 Å². The Bertz CT molecular complexity index is 750. The molecular formula is C20H21NO3S. The maximum atomic E-state index is 12.5. The van der Waals surface area contributed by atoms with Crippen molar-refractivity contribution in [2.24, 2.45) is 0 Å². The number of ether oxygens (including phenoxy) is 2. The second-order valence-electron chi connectivity index (χ2n) is 6.42. The molecule has 130 valence electrons. The molecule has 1 fully saturated rings. The number of fused-ring (bicyclic) bond motifs is 1. The van der Waals surface area contributed by atoms with E-state index in [9.17, 15) is 4.79 Å². The van der Waals surface area contributed by atoms with Crippen molar-refractivity contribution in [2.75, 3.05) is 25.6 Å². The van der Waals surface area contributed by atoms with Crippen molar-refractivity contribution >= 4 is 17.7 Å². The second kappa shape index (κ2) is 7.40. The summed E-state index contributed by atoms with van der Waals surface area (Å²) in [4.78, 5) is 14.5. The van der Waals surface area contributed by atoms with Crippen LogP contribution < -0.4 is 9.47 Å². The van der Waals surface area contributed by atoms with Gasteiger partial charge >= 0.3 is 0 Å². The first-order valence-electron chi connectivity index (χ1n) is 8.58. The molecule has 1 unspecified atom stereocenters. The zero-order valence-electron chi connectivity index (χ0n) is 14.0. The topological polar surface area (TPSA) is 38.8 Å². The van der Waals surface area contributed by atoms with Gasteiger partial charge in [-0.1, -0.05) is 36.4 Å². The minimum Gasteiger partial charge on any atom is -0.454 e. The summed E-state index contributed by atoms with van der Waals surface area (Å²) >= 11 is 1.69. The molecule has 2 aromatic rings. The first kappa shape index (κ1) is 16.3. The van der Waals surface area contributed by atoms with E-state index in [0.717, 1.165) is 36.8 Å². The van der Waals surface area contributed by atoms with E-state index in [1.165, 1.54) is 11.1 Å². The Balaban J connectivity index is 1.29. The van der Waals surface area contributed by atoms with E-state index in [2.05, 4.69) is 24.3 Å². The fraction of sp³-hybridized carbons (Fsp3) is 0.350. The van der Waals surface area contributed by atoms with Crippen LogP contribution in [0.5, 0.6) is 11.5 Å². The summed E-state index contributed by atoms with van der Waals surface area (Å²) in [5.41, 5.74) is 2.50. The molecule has 0 aliphatic carbocycles. The number of hydrogen-bond donors (Lipinski definition) is 0. The minimum absolute atomic E-state index is 0.240. The number of nitrogens with zero attached hydrogens (tertiary/aromatic N) is 1. The molecule has 0 radical (unpaired) electrons. The van der Waals surface area contributed by atoms with Gasteiger partial charge in [0.1, 0.15) is 0 Å². The molecule has 2 aliphatic heterocycles. The number of thioether (sulfide) groups is 1. The molecule has 0 N–H and O–H groups in total. The van der Waals surface area contributed by atoms with E-state index in [0.29, 0.717) is 18.5 Å². The Morgan fingerprint density at radius 1 is 1.12 bits per heavy atom. The largest absolute Gasteiger partial charge is 0.454 e. The summed E-state index contributed by atoms with van der Waals surface area (Å²) in [6.45, 7) is 1.93. The molecule has 5 heteroatoms. The highest BCUT2D eigenvalue weighted by molar-refractivity contribution is 7.99. The molecule has 0 bridgehead atoms. The van der Waals surface area contributed by atoms with Gasteiger partial charge in [-0.05, 0) is 29.7 Å². The summed E-state index contributed by atoms with van der Waals surface area (Å²) in [6, 6.07) is 16.4. The van der Waals surface area contributed by atoms with Crippen molar-refractivity contribution in [3.8, 4) is 11.5 Å². The molecule has 1 amide bonds. The van der Waals surface area contributed by atoms with Crippen LogP contribution in [0.15, 0.2) is 48.5 Å². The number of carbonyl (C=O) groups is 1. The number of hydrogen-bond acceptors (Lipinski definition) is 4. The van der Waals surface area contributed by atoms with Gasteiger partial charge in [-0.2, -0.15) is 0 Å². The lowest BCUT2D eigenvalue weighted by atomic mass is 9.98. The summed E-state index contributed by atoms with van der Waals surface area (Å²) in [5, 5.41) is 0. The quantitative estimate of drug-likeness (QED) is 0.820. The van der Waals surface area contributed by atoms with Crippen molar-refractivity contribution in [1.29, 1.82) is 0 Å². The Labute approximate surface area is 152 Å². The summed E-state index contributed by atoms with van der Waals surface area (Å²) < 4.78 is 10.8. The number of likely N-dealkylation sites (tertiary alicyclic amines) is 1. The average Bonchev–Trinajstić information content (AvgIpc) is 3.31. The Morgan fingerprint density at radius 2 is 1.96 bits per heavy atom. The van der Waals surface area contributed by atoms with Gasteiger partial charge in [-0.3, -0.25) is 4.79 Å². The molecular weight excluding hydrogens is 334 g/mol. The van der Waals surface area contributed by atoms with Crippen molar-refractivity contribution in [1.82, 2.24) is 4.90 Å². The zero-order chi connectivity index (χ0) is 17.1. The zero-order valence-corrected chi connectivity index (χ0v) is 14.8. The van der Waals surface area contributed by atoms with Gasteiger partial charge in [0.25, 0.3) is 0 Å². The third-order valence-corrected chi connectivity index (χ3v) is 5.73. The molecule has 0 spiro atoms. The van der Waals surface area contributed by atoms with Gasteiger partial charge in [-0.15, -0.1) is 11.8 Å². The standard InChI is InChI=1S/C20H21NO3S/c22-20(13-25-12-15-4-2-1-3-5-15)21-9-8-17(11-21)16-6-7-18-19(10-16)24-14-23-18/h1-7,10,17H,8-9,11-14H2. The van der Waals surface area contributed by atoms with Crippen LogP contribution in [0, 0.1) is 0 Å². The Morgan fingerprint density at radius 3 is 2.84 bits per heavy atom. The van der Waals surface area contributed by atoms with Gasteiger partial charge in [0.2, 0.25) is 12.7 Å². The first-order chi connectivity index (χ1) is 12.3. The van der Waals surface area contributed by atoms with E-state index >= 15 is 0 Å². The van der Waals surface area contributed by atoms with Crippen LogP contribution in [0.3, 0.4) is 0 Å². The lowest BCUT2D eigenvalue weighted by Crippen LogP contribution is -2.30. The molecule has 4 nitrogen and oxygen atoms in total. The maximum Gasteiger partial charge on any atom is 0.232 e. The van der Waals surface area contributed by atoms with Gasteiger partial charge in [0, 0.05) is 24.8 Å². The van der Waals surface area contributed by atoms with E-state index < -0.39 is 0 Å². The van der Waals surface area contributed by atoms with Crippen molar-refractivity contribution < 1.29 is 14.3 Å². The van der Waals surface area contributed by atoms with Crippen LogP contribution in [0.1, 0.15) is 23.5 Å². The summed E-state index contributed by atoms with van der Waals surface area (Å²) in [7, 11) is 0. The molecule has 4 rings (SSSR count). The van der Waals surface area contributed by atoms with Crippen molar-refractivity contribution in [2.45, 2.75) is 18.1 Å². The Kier molecular flexibility index (Phi) is 4.83. The normalized spacial score (nSPS) is 18.6. The Hall–Kier alpha value is -2.14. The van der Waals surface area contributed by atoms with Crippen LogP contribution in [0.25, 0.3) is 0 Å². The summed E-state index contributed by atoms with van der Waals surface area (Å²) in [5.74, 6) is 3.68. The number of benzene rings is 2. The van der Waals surface area contributed by atoms with E-state index in [1.807, 2.05) is 29.2 Å². The third kappa shape index (κ3) is 3.76. The van der Waals surface area contributed by atoms with Crippen LogP contribution in [0.2, 0.25) is 0 Å². The highest BCUT2D eigenvalue weighted by atomic mass is 32.2. The van der Waals surface area contributed by atoms with Gasteiger partial charge in [-0.25, -0.2) is 0 Å². The number of amides is 1. The van der Waals surface area contributed by atoms with Gasteiger partial charge < -0.3 is 14.4 Å². The lowest BCUT2D eigenvalue weighted by Gasteiger charge is -2.17. The first-order valence-corrected chi connectivity index (χ1v) is 9.74. The molecule has 0 aromatic heterocycles. The molecule has 2 heterocycles. The van der Waals surface area contributed by atoms with Gasteiger partial charge in [0.05, 0.1) is 5.75 Å². The van der Waals surface area contributed by atoms with E-state index in [4.69, 9.17) is 9.47 Å². The van der Waals surface area contributed by atoms with Crippen molar-refractivity contribution in [3.63, 3.8) is 0 Å². The SMILES string of the molecule is O=C(CSCc1ccccc1)N1CCC(c2ccc3c(c2)OCO3)C1. The fourth-order valence-corrected chi connectivity index (χ4v) is 4.24. The molecule has 1 atom stereocenters.